The van der Waals surface area contributed by atoms with Gasteiger partial charge in [0.15, 0.2) is 15.9 Å². The Morgan fingerprint density at radius 3 is 2.75 bits per heavy atom. The van der Waals surface area contributed by atoms with E-state index in [1.807, 2.05) is 0 Å². The first-order chi connectivity index (χ1) is 9.35. The number of nitrogens with one attached hydrogen (secondary N) is 1. The summed E-state index contributed by atoms with van der Waals surface area (Å²) in [5, 5.41) is 11.5. The molecule has 2 aliphatic heterocycles. The molecular weight excluding hydrogens is 288 g/mol. The van der Waals surface area contributed by atoms with Crippen molar-refractivity contribution < 1.29 is 27.9 Å². The normalized spacial score (nSPS) is 30.0. The molecule has 8 nitrogen and oxygen atoms in total. The maximum Gasteiger partial charge on any atom is 0.334 e. The minimum Gasteiger partial charge on any atom is -0.479 e. The highest BCUT2D eigenvalue weighted by atomic mass is 32.2. The van der Waals surface area contributed by atoms with Gasteiger partial charge in [0.05, 0.1) is 24.7 Å². The number of carboxylic acids is 1. The van der Waals surface area contributed by atoms with Gasteiger partial charge in [-0.15, -0.1) is 0 Å². The Morgan fingerprint density at radius 1 is 1.40 bits per heavy atom. The molecule has 2 unspecified atom stereocenters. The van der Waals surface area contributed by atoms with Gasteiger partial charge >= 0.3 is 5.97 Å². The van der Waals surface area contributed by atoms with Gasteiger partial charge in [-0.05, 0) is 6.42 Å². The highest BCUT2D eigenvalue weighted by Crippen LogP contribution is 2.11. The van der Waals surface area contributed by atoms with Crippen LogP contribution in [-0.4, -0.2) is 80.2 Å². The SMILES string of the molecule is O=C(CN1CCOC(C(=O)O)C1)NC1CCS(=O)(=O)C1. The average molecular weight is 306 g/mol. The maximum atomic E-state index is 11.8. The van der Waals surface area contributed by atoms with Crippen molar-refractivity contribution in [3.63, 3.8) is 0 Å². The zero-order chi connectivity index (χ0) is 14.8. The summed E-state index contributed by atoms with van der Waals surface area (Å²) in [5.41, 5.74) is 0. The third-order valence-electron chi connectivity index (χ3n) is 3.39. The topological polar surface area (TPSA) is 113 Å². The minimum absolute atomic E-state index is 0.0143. The molecule has 2 heterocycles. The zero-order valence-corrected chi connectivity index (χ0v) is 11.8. The number of hydrogen-bond donors (Lipinski definition) is 2. The number of amides is 1. The van der Waals surface area contributed by atoms with Crippen molar-refractivity contribution in [2.24, 2.45) is 0 Å². The lowest BCUT2D eigenvalue weighted by molar-refractivity contribution is -0.156. The first-order valence-electron chi connectivity index (χ1n) is 6.42. The van der Waals surface area contributed by atoms with Crippen molar-refractivity contribution in [1.82, 2.24) is 10.2 Å². The summed E-state index contributed by atoms with van der Waals surface area (Å²) < 4.78 is 27.6. The fourth-order valence-corrected chi connectivity index (χ4v) is 4.05. The van der Waals surface area contributed by atoms with E-state index >= 15 is 0 Å². The van der Waals surface area contributed by atoms with Crippen LogP contribution in [0.4, 0.5) is 0 Å². The van der Waals surface area contributed by atoms with E-state index in [2.05, 4.69) is 5.32 Å². The van der Waals surface area contributed by atoms with Gasteiger partial charge < -0.3 is 15.2 Å². The molecule has 2 fully saturated rings. The Balaban J connectivity index is 1.78. The largest absolute Gasteiger partial charge is 0.479 e. The Morgan fingerprint density at radius 2 is 2.15 bits per heavy atom. The fraction of sp³-hybridized carbons (Fsp3) is 0.818. The predicted octanol–water partition coefficient (Wildman–Crippen LogP) is -1.92. The molecule has 2 N–H and O–H groups in total. The third-order valence-corrected chi connectivity index (χ3v) is 5.16. The monoisotopic (exact) mass is 306 g/mol. The predicted molar refractivity (Wildman–Crippen MR) is 69.0 cm³/mol. The first-order valence-corrected chi connectivity index (χ1v) is 8.24. The van der Waals surface area contributed by atoms with Crippen molar-refractivity contribution in [1.29, 1.82) is 0 Å². The van der Waals surface area contributed by atoms with E-state index in [4.69, 9.17) is 9.84 Å². The summed E-state index contributed by atoms with van der Waals surface area (Å²) in [6, 6.07) is -0.330. The number of rotatable bonds is 4. The lowest BCUT2D eigenvalue weighted by Gasteiger charge is -2.30. The number of carbonyl (C=O) groups excluding carboxylic acids is 1. The van der Waals surface area contributed by atoms with Crippen LogP contribution in [0.3, 0.4) is 0 Å². The lowest BCUT2D eigenvalue weighted by atomic mass is 10.2. The highest BCUT2D eigenvalue weighted by molar-refractivity contribution is 7.91. The summed E-state index contributed by atoms with van der Waals surface area (Å²) in [4.78, 5) is 24.3. The van der Waals surface area contributed by atoms with Crippen LogP contribution in [0.15, 0.2) is 0 Å². The summed E-state index contributed by atoms with van der Waals surface area (Å²) in [7, 11) is -3.02. The van der Waals surface area contributed by atoms with E-state index in [1.54, 1.807) is 4.90 Å². The standard InChI is InChI=1S/C11H18N2O6S/c14-10(12-8-1-4-20(17,18)7-8)6-13-2-3-19-9(5-13)11(15)16/h8-9H,1-7H2,(H,12,14)(H,15,16). The van der Waals surface area contributed by atoms with Crippen LogP contribution in [0.25, 0.3) is 0 Å². The van der Waals surface area contributed by atoms with Gasteiger partial charge in [-0.25, -0.2) is 13.2 Å². The van der Waals surface area contributed by atoms with Gasteiger partial charge in [0.25, 0.3) is 0 Å². The van der Waals surface area contributed by atoms with E-state index in [0.29, 0.717) is 13.0 Å². The quantitative estimate of drug-likeness (QED) is 0.622. The van der Waals surface area contributed by atoms with Gasteiger partial charge in [-0.1, -0.05) is 0 Å². The number of morpholine rings is 1. The Hall–Kier alpha value is -1.19. The van der Waals surface area contributed by atoms with E-state index in [-0.39, 0.29) is 43.2 Å². The molecule has 0 aliphatic carbocycles. The molecule has 0 radical (unpaired) electrons. The molecule has 114 valence electrons. The lowest BCUT2D eigenvalue weighted by Crippen LogP contribution is -2.50. The summed E-state index contributed by atoms with van der Waals surface area (Å²) in [6.07, 6.45) is -0.474. The average Bonchev–Trinajstić information content (AvgIpc) is 2.68. The number of carboxylic acid groups (broad SMARTS) is 1. The van der Waals surface area contributed by atoms with Crippen LogP contribution in [0.1, 0.15) is 6.42 Å². The van der Waals surface area contributed by atoms with Gasteiger partial charge in [0, 0.05) is 19.1 Å². The van der Waals surface area contributed by atoms with E-state index in [1.165, 1.54) is 0 Å². The van der Waals surface area contributed by atoms with Gasteiger partial charge in [-0.3, -0.25) is 9.69 Å². The molecule has 0 spiro atoms. The molecule has 2 atom stereocenters. The van der Waals surface area contributed by atoms with E-state index in [9.17, 15) is 18.0 Å². The Labute approximate surface area is 117 Å². The fourth-order valence-electron chi connectivity index (χ4n) is 2.38. The number of carbonyl (C=O) groups is 2. The van der Waals surface area contributed by atoms with Gasteiger partial charge in [-0.2, -0.15) is 0 Å². The van der Waals surface area contributed by atoms with Crippen LogP contribution < -0.4 is 5.32 Å². The van der Waals surface area contributed by atoms with Crippen LogP contribution in [0, 0.1) is 0 Å². The van der Waals surface area contributed by atoms with Crippen LogP contribution in [-0.2, 0) is 24.2 Å². The highest BCUT2D eigenvalue weighted by Gasteiger charge is 2.31. The number of sulfone groups is 1. The van der Waals surface area contributed by atoms with Crippen LogP contribution in [0.5, 0.6) is 0 Å². The molecule has 0 aromatic carbocycles. The summed E-state index contributed by atoms with van der Waals surface area (Å²) >= 11 is 0. The molecular formula is C11H18N2O6S. The van der Waals surface area contributed by atoms with Crippen molar-refractivity contribution in [2.75, 3.05) is 37.7 Å². The Bertz CT molecular complexity index is 491. The zero-order valence-electron chi connectivity index (χ0n) is 10.9. The molecule has 0 saturated carbocycles. The number of hydrogen-bond acceptors (Lipinski definition) is 6. The second-order valence-corrected chi connectivity index (χ2v) is 7.33. The summed E-state index contributed by atoms with van der Waals surface area (Å²) in [6.45, 7) is 0.970. The first kappa shape index (κ1) is 15.2. The second kappa shape index (κ2) is 6.06. The van der Waals surface area contributed by atoms with Gasteiger partial charge in [0.2, 0.25) is 5.91 Å². The maximum absolute atomic E-state index is 11.8. The number of ether oxygens (including phenoxy) is 1. The molecule has 0 aromatic heterocycles. The van der Waals surface area contributed by atoms with Crippen molar-refractivity contribution >= 4 is 21.7 Å². The second-order valence-electron chi connectivity index (χ2n) is 5.10. The van der Waals surface area contributed by atoms with Crippen molar-refractivity contribution in [3.8, 4) is 0 Å². The van der Waals surface area contributed by atoms with Crippen LogP contribution in [0.2, 0.25) is 0 Å². The van der Waals surface area contributed by atoms with Crippen molar-refractivity contribution in [2.45, 2.75) is 18.6 Å². The molecule has 20 heavy (non-hydrogen) atoms. The molecule has 9 heteroatoms. The number of aliphatic carboxylic acids is 1. The number of nitrogens with zero attached hydrogens (tertiary/aromatic N) is 1. The molecule has 0 bridgehead atoms. The smallest absolute Gasteiger partial charge is 0.334 e. The molecule has 0 aromatic rings. The van der Waals surface area contributed by atoms with E-state index in [0.717, 1.165) is 0 Å². The molecule has 2 rings (SSSR count). The van der Waals surface area contributed by atoms with Crippen LogP contribution >= 0.6 is 0 Å². The van der Waals surface area contributed by atoms with E-state index < -0.39 is 21.9 Å². The summed E-state index contributed by atoms with van der Waals surface area (Å²) in [5.74, 6) is -1.23. The molecule has 1 amide bonds. The van der Waals surface area contributed by atoms with Crippen molar-refractivity contribution in [3.05, 3.63) is 0 Å². The Kier molecular flexibility index (Phi) is 4.61. The third kappa shape index (κ3) is 4.15. The molecule has 2 aliphatic rings. The molecule has 2 saturated heterocycles. The minimum atomic E-state index is -3.02. The van der Waals surface area contributed by atoms with Gasteiger partial charge in [0.1, 0.15) is 0 Å².